The maximum Gasteiger partial charge on any atom is 0.411 e. The van der Waals surface area contributed by atoms with Crippen LogP contribution in [0.3, 0.4) is 0 Å². The van der Waals surface area contributed by atoms with Gasteiger partial charge in [-0.1, -0.05) is 19.9 Å². The van der Waals surface area contributed by atoms with Gasteiger partial charge in [0.05, 0.1) is 11.5 Å². The summed E-state index contributed by atoms with van der Waals surface area (Å²) in [6.07, 6.45) is -3.00. The molecular weight excluding hydrogens is 345 g/mol. The molecule has 0 atom stereocenters. The molecule has 0 bridgehead atoms. The van der Waals surface area contributed by atoms with Crippen molar-refractivity contribution in [1.82, 2.24) is 10.6 Å². The number of alkyl halides is 3. The number of nitrogens with one attached hydrogen (secondary N) is 2. The van der Waals surface area contributed by atoms with Crippen molar-refractivity contribution in [1.29, 1.82) is 0 Å². The minimum absolute atomic E-state index is 0.104. The molecule has 0 aromatic heterocycles. The summed E-state index contributed by atoms with van der Waals surface area (Å²) in [6.45, 7) is 6.32. The molecule has 2 N–H and O–H groups in total. The molecule has 0 aromatic carbocycles. The predicted molar refractivity (Wildman–Crippen MR) is 86.5 cm³/mol. The molecule has 0 unspecified atom stereocenters. The van der Waals surface area contributed by atoms with Crippen molar-refractivity contribution < 1.29 is 26.4 Å². The van der Waals surface area contributed by atoms with Gasteiger partial charge in [-0.05, 0) is 32.1 Å². The standard InChI is InChI=1S/C15H25F3N2O3S/c1-4-7-13(8-10-24(22,23)11-9-13)19-12(21)20-14(5-2,6-3)15(16,17)18/h4H,1,5-11H2,2-3H3,(H2,19,20,21). The fourth-order valence-electron chi connectivity index (χ4n) is 2.97. The van der Waals surface area contributed by atoms with Gasteiger partial charge in [-0.25, -0.2) is 13.2 Å². The molecule has 0 aromatic rings. The first-order chi connectivity index (χ1) is 10.9. The van der Waals surface area contributed by atoms with Gasteiger partial charge >= 0.3 is 12.2 Å². The molecule has 9 heteroatoms. The molecule has 1 aliphatic rings. The van der Waals surface area contributed by atoms with Crippen LogP contribution >= 0.6 is 0 Å². The van der Waals surface area contributed by atoms with E-state index in [2.05, 4.69) is 17.2 Å². The van der Waals surface area contributed by atoms with E-state index in [1.54, 1.807) is 0 Å². The highest BCUT2D eigenvalue weighted by molar-refractivity contribution is 7.91. The number of carbonyl (C=O) groups excluding carboxylic acids is 1. The van der Waals surface area contributed by atoms with Crippen LogP contribution in [0, 0.1) is 0 Å². The summed E-state index contributed by atoms with van der Waals surface area (Å²) >= 11 is 0. The summed E-state index contributed by atoms with van der Waals surface area (Å²) in [7, 11) is -3.16. The molecule has 0 spiro atoms. The molecule has 1 aliphatic heterocycles. The van der Waals surface area contributed by atoms with Gasteiger partial charge in [0.1, 0.15) is 15.4 Å². The van der Waals surface area contributed by atoms with E-state index in [4.69, 9.17) is 0 Å². The molecule has 140 valence electrons. The highest BCUT2D eigenvalue weighted by Gasteiger charge is 2.53. The van der Waals surface area contributed by atoms with Crippen LogP contribution in [0.4, 0.5) is 18.0 Å². The average molecular weight is 370 g/mol. The van der Waals surface area contributed by atoms with Crippen molar-refractivity contribution in [3.05, 3.63) is 12.7 Å². The minimum atomic E-state index is -4.57. The zero-order valence-corrected chi connectivity index (χ0v) is 14.8. The van der Waals surface area contributed by atoms with Gasteiger partial charge in [-0.3, -0.25) is 0 Å². The van der Waals surface area contributed by atoms with Crippen molar-refractivity contribution in [3.63, 3.8) is 0 Å². The molecule has 0 radical (unpaired) electrons. The Kier molecular flexibility index (Phi) is 6.35. The van der Waals surface area contributed by atoms with E-state index in [9.17, 15) is 26.4 Å². The number of hydrogen-bond donors (Lipinski definition) is 2. The topological polar surface area (TPSA) is 75.3 Å². The molecule has 0 aliphatic carbocycles. The van der Waals surface area contributed by atoms with Crippen LogP contribution < -0.4 is 10.6 Å². The van der Waals surface area contributed by atoms with Crippen LogP contribution in [0.5, 0.6) is 0 Å². The van der Waals surface area contributed by atoms with Crippen LogP contribution in [0.25, 0.3) is 0 Å². The van der Waals surface area contributed by atoms with Gasteiger partial charge in [-0.2, -0.15) is 13.2 Å². The lowest BCUT2D eigenvalue weighted by Crippen LogP contribution is -2.64. The molecule has 2 amide bonds. The Bertz CT molecular complexity index is 555. The van der Waals surface area contributed by atoms with Gasteiger partial charge in [0, 0.05) is 5.54 Å². The zero-order chi connectivity index (χ0) is 18.6. The van der Waals surface area contributed by atoms with Gasteiger partial charge in [-0.15, -0.1) is 6.58 Å². The number of carbonyl (C=O) groups is 1. The zero-order valence-electron chi connectivity index (χ0n) is 14.0. The molecule has 24 heavy (non-hydrogen) atoms. The Labute approximate surface area is 141 Å². The third kappa shape index (κ3) is 4.64. The summed E-state index contributed by atoms with van der Waals surface area (Å²) in [6, 6.07) is -0.933. The second kappa shape index (κ2) is 7.33. The lowest BCUT2D eigenvalue weighted by Gasteiger charge is -2.40. The predicted octanol–water partition coefficient (Wildman–Crippen LogP) is 2.93. The molecule has 1 heterocycles. The van der Waals surface area contributed by atoms with E-state index in [-0.39, 0.29) is 37.2 Å². The Hall–Kier alpha value is -1.25. The normalized spacial score (nSPS) is 20.2. The molecule has 0 saturated carbocycles. The van der Waals surface area contributed by atoms with Crippen molar-refractivity contribution >= 4 is 15.9 Å². The maximum absolute atomic E-state index is 13.3. The summed E-state index contributed by atoms with van der Waals surface area (Å²) < 4.78 is 63.1. The van der Waals surface area contributed by atoms with Crippen LogP contribution in [0.1, 0.15) is 46.0 Å². The van der Waals surface area contributed by atoms with Crippen molar-refractivity contribution in [2.45, 2.75) is 63.2 Å². The van der Waals surface area contributed by atoms with E-state index in [0.717, 1.165) is 0 Å². The lowest BCUT2D eigenvalue weighted by molar-refractivity contribution is -0.195. The van der Waals surface area contributed by atoms with Crippen molar-refractivity contribution in [2.75, 3.05) is 11.5 Å². The van der Waals surface area contributed by atoms with Gasteiger partial charge in [0.15, 0.2) is 0 Å². The molecule has 1 rings (SSSR count). The summed E-state index contributed by atoms with van der Waals surface area (Å²) in [4.78, 5) is 12.2. The van der Waals surface area contributed by atoms with Crippen LogP contribution in [0.15, 0.2) is 12.7 Å². The van der Waals surface area contributed by atoms with Crippen LogP contribution in [-0.2, 0) is 9.84 Å². The average Bonchev–Trinajstić information content (AvgIpc) is 2.47. The smallest absolute Gasteiger partial charge is 0.332 e. The van der Waals surface area contributed by atoms with Crippen LogP contribution in [-0.4, -0.2) is 43.2 Å². The number of halogens is 3. The maximum atomic E-state index is 13.3. The van der Waals surface area contributed by atoms with Gasteiger partial charge in [0.25, 0.3) is 0 Å². The summed E-state index contributed by atoms with van der Waals surface area (Å²) in [5.74, 6) is -0.208. The number of sulfone groups is 1. The Morgan fingerprint density at radius 1 is 1.21 bits per heavy atom. The highest BCUT2D eigenvalue weighted by atomic mass is 32.2. The van der Waals surface area contributed by atoms with E-state index >= 15 is 0 Å². The van der Waals surface area contributed by atoms with Crippen LogP contribution in [0.2, 0.25) is 0 Å². The monoisotopic (exact) mass is 370 g/mol. The second-order valence-electron chi connectivity index (χ2n) is 6.29. The Morgan fingerprint density at radius 3 is 2.08 bits per heavy atom. The first kappa shape index (κ1) is 20.8. The Balaban J connectivity index is 2.92. The third-order valence-corrected chi connectivity index (χ3v) is 6.45. The van der Waals surface area contributed by atoms with E-state index in [0.29, 0.717) is 6.42 Å². The quantitative estimate of drug-likeness (QED) is 0.706. The minimum Gasteiger partial charge on any atom is -0.332 e. The number of amides is 2. The van der Waals surface area contributed by atoms with Gasteiger partial charge < -0.3 is 10.6 Å². The second-order valence-corrected chi connectivity index (χ2v) is 8.59. The molecule has 5 nitrogen and oxygen atoms in total. The van der Waals surface area contributed by atoms with Gasteiger partial charge in [0.2, 0.25) is 0 Å². The van der Waals surface area contributed by atoms with Crippen molar-refractivity contribution in [2.24, 2.45) is 0 Å². The molecular formula is C15H25F3N2O3S. The first-order valence-electron chi connectivity index (χ1n) is 7.93. The van der Waals surface area contributed by atoms with E-state index in [1.807, 2.05) is 0 Å². The number of hydrogen-bond acceptors (Lipinski definition) is 3. The SMILES string of the molecule is C=CCC1(NC(=O)NC(CC)(CC)C(F)(F)F)CCS(=O)(=O)CC1. The Morgan fingerprint density at radius 2 is 1.71 bits per heavy atom. The number of rotatable bonds is 6. The fourth-order valence-corrected chi connectivity index (χ4v) is 4.58. The highest BCUT2D eigenvalue weighted by Crippen LogP contribution is 2.36. The van der Waals surface area contributed by atoms with E-state index < -0.39 is 33.1 Å². The molecule has 1 fully saturated rings. The van der Waals surface area contributed by atoms with Crippen molar-refractivity contribution in [3.8, 4) is 0 Å². The van der Waals surface area contributed by atoms with E-state index in [1.165, 1.54) is 19.9 Å². The fraction of sp³-hybridized carbons (Fsp3) is 0.800. The lowest BCUT2D eigenvalue weighted by atomic mass is 9.88. The largest absolute Gasteiger partial charge is 0.411 e. The number of urea groups is 1. The summed E-state index contributed by atoms with van der Waals surface area (Å²) in [5, 5.41) is 4.64. The first-order valence-corrected chi connectivity index (χ1v) is 9.75. The third-order valence-electron chi connectivity index (χ3n) is 4.80. The summed E-state index contributed by atoms with van der Waals surface area (Å²) in [5.41, 5.74) is -3.18. The molecule has 1 saturated heterocycles.